The lowest BCUT2D eigenvalue weighted by Crippen LogP contribution is -2.46. The third kappa shape index (κ3) is 4.88. The molecule has 1 unspecified atom stereocenters. The Balaban J connectivity index is 1.55. The Morgan fingerprint density at radius 2 is 1.85 bits per heavy atom. The summed E-state index contributed by atoms with van der Waals surface area (Å²) in [7, 11) is 0. The summed E-state index contributed by atoms with van der Waals surface area (Å²) >= 11 is 1.51. The molecule has 0 radical (unpaired) electrons. The normalized spacial score (nSPS) is 15.5. The van der Waals surface area contributed by atoms with Crippen LogP contribution in [0.2, 0.25) is 0 Å². The van der Waals surface area contributed by atoms with Gasteiger partial charge in [0.1, 0.15) is 11.6 Å². The van der Waals surface area contributed by atoms with E-state index in [0.717, 1.165) is 27.9 Å². The number of pyridine rings is 1. The van der Waals surface area contributed by atoms with Crippen LogP contribution in [0.1, 0.15) is 32.6 Å². The highest BCUT2D eigenvalue weighted by Gasteiger charge is 2.36. The van der Waals surface area contributed by atoms with Gasteiger partial charge in [-0.3, -0.25) is 14.4 Å². The first-order valence-corrected chi connectivity index (χ1v) is 12.0. The maximum atomic E-state index is 13.3. The highest BCUT2D eigenvalue weighted by Crippen LogP contribution is 2.25. The number of aryl methyl sites for hydroxylation is 2. The lowest BCUT2D eigenvalue weighted by atomic mass is 10.1. The van der Waals surface area contributed by atoms with Crippen LogP contribution < -0.4 is 10.9 Å². The Hall–Kier alpha value is -3.32. The number of carbonyl (C=O) groups excluding carboxylic acids is 2. The van der Waals surface area contributed by atoms with Crippen LogP contribution in [-0.4, -0.2) is 39.0 Å². The third-order valence-corrected chi connectivity index (χ3v) is 7.01. The minimum atomic E-state index is -0.632. The highest BCUT2D eigenvalue weighted by atomic mass is 32.2. The predicted octanol–water partition coefficient (Wildman–Crippen LogP) is 3.98. The van der Waals surface area contributed by atoms with Crippen molar-refractivity contribution in [2.24, 2.45) is 0 Å². The van der Waals surface area contributed by atoms with Crippen molar-refractivity contribution in [3.63, 3.8) is 0 Å². The minimum absolute atomic E-state index is 0.0807. The molecule has 7 heteroatoms. The Labute approximate surface area is 197 Å². The van der Waals surface area contributed by atoms with Gasteiger partial charge in [0.2, 0.25) is 5.91 Å². The van der Waals surface area contributed by atoms with Crippen molar-refractivity contribution < 1.29 is 9.59 Å². The molecular weight excluding hydrogens is 434 g/mol. The van der Waals surface area contributed by atoms with Crippen LogP contribution in [0.4, 0.5) is 5.69 Å². The number of nitrogens with zero attached hydrogens (tertiary/aromatic N) is 2. The molecule has 1 N–H and O–H groups in total. The molecule has 1 atom stereocenters. The van der Waals surface area contributed by atoms with Crippen molar-refractivity contribution in [3.8, 4) is 0 Å². The molecule has 1 aliphatic heterocycles. The molecule has 2 amide bonds. The zero-order valence-electron chi connectivity index (χ0n) is 19.0. The summed E-state index contributed by atoms with van der Waals surface area (Å²) in [6.45, 7) is 6.33. The molecule has 1 aromatic heterocycles. The molecule has 2 heterocycles. The number of hydrogen-bond donors (Lipinski definition) is 1. The van der Waals surface area contributed by atoms with Crippen molar-refractivity contribution in [2.45, 2.75) is 33.4 Å². The third-order valence-electron chi connectivity index (χ3n) is 5.99. The van der Waals surface area contributed by atoms with Gasteiger partial charge in [0.15, 0.2) is 0 Å². The lowest BCUT2D eigenvalue weighted by molar-refractivity contribution is -0.119. The van der Waals surface area contributed by atoms with E-state index in [2.05, 4.69) is 5.32 Å². The second kappa shape index (κ2) is 9.67. The molecular formula is C26H27N3O3S. The molecule has 0 spiro atoms. The van der Waals surface area contributed by atoms with Crippen LogP contribution in [0.5, 0.6) is 0 Å². The summed E-state index contributed by atoms with van der Waals surface area (Å²) in [5.74, 6) is 0.214. The van der Waals surface area contributed by atoms with Crippen molar-refractivity contribution in [2.75, 3.05) is 16.9 Å². The average molecular weight is 462 g/mol. The standard InChI is InChI=1S/C26H27N3O3S/c1-17-7-4-9-20(13-17)14-28-12-6-10-21(25(28)31)26(32)29-16-33-15-23(29)24(30)27-22-11-5-8-18(2)19(22)3/h4-13,23H,14-16H2,1-3H3,(H,27,30). The second-order valence-corrected chi connectivity index (χ2v) is 9.37. The number of hydrogen-bond acceptors (Lipinski definition) is 4. The first kappa shape index (κ1) is 22.9. The van der Waals surface area contributed by atoms with Gasteiger partial charge in [0.05, 0.1) is 12.4 Å². The summed E-state index contributed by atoms with van der Waals surface area (Å²) < 4.78 is 1.54. The molecule has 2 aromatic carbocycles. The van der Waals surface area contributed by atoms with Crippen LogP contribution in [0.25, 0.3) is 0 Å². The van der Waals surface area contributed by atoms with Crippen molar-refractivity contribution >= 4 is 29.3 Å². The molecule has 1 saturated heterocycles. The van der Waals surface area contributed by atoms with Crippen LogP contribution in [0, 0.1) is 20.8 Å². The summed E-state index contributed by atoms with van der Waals surface area (Å²) in [6, 6.07) is 16.3. The number of thioether (sulfide) groups is 1. The van der Waals surface area contributed by atoms with Crippen LogP contribution in [0.3, 0.4) is 0 Å². The largest absolute Gasteiger partial charge is 0.324 e. The van der Waals surface area contributed by atoms with Gasteiger partial charge in [-0.2, -0.15) is 0 Å². The van der Waals surface area contributed by atoms with Gasteiger partial charge >= 0.3 is 0 Å². The van der Waals surface area contributed by atoms with Crippen molar-refractivity contribution in [1.82, 2.24) is 9.47 Å². The van der Waals surface area contributed by atoms with Gasteiger partial charge in [0, 0.05) is 17.6 Å². The Bertz CT molecular complexity index is 1270. The highest BCUT2D eigenvalue weighted by molar-refractivity contribution is 7.99. The fourth-order valence-electron chi connectivity index (χ4n) is 3.95. The molecule has 170 valence electrons. The maximum absolute atomic E-state index is 13.3. The van der Waals surface area contributed by atoms with E-state index < -0.39 is 11.9 Å². The minimum Gasteiger partial charge on any atom is -0.324 e. The molecule has 0 saturated carbocycles. The van der Waals surface area contributed by atoms with E-state index in [-0.39, 0.29) is 17.0 Å². The smallest absolute Gasteiger partial charge is 0.263 e. The van der Waals surface area contributed by atoms with E-state index >= 15 is 0 Å². The molecule has 1 aliphatic rings. The van der Waals surface area contributed by atoms with E-state index in [0.29, 0.717) is 18.2 Å². The van der Waals surface area contributed by atoms with E-state index in [1.165, 1.54) is 21.2 Å². The van der Waals surface area contributed by atoms with Crippen LogP contribution in [0.15, 0.2) is 65.6 Å². The number of aromatic nitrogens is 1. The van der Waals surface area contributed by atoms with E-state index in [4.69, 9.17) is 0 Å². The Morgan fingerprint density at radius 3 is 2.64 bits per heavy atom. The molecule has 6 nitrogen and oxygen atoms in total. The number of amides is 2. The van der Waals surface area contributed by atoms with Gasteiger partial charge in [0.25, 0.3) is 11.5 Å². The molecule has 1 fully saturated rings. The van der Waals surface area contributed by atoms with E-state index in [9.17, 15) is 14.4 Å². The summed E-state index contributed by atoms with van der Waals surface area (Å²) in [6.07, 6.45) is 1.69. The second-order valence-electron chi connectivity index (χ2n) is 8.37. The van der Waals surface area contributed by atoms with Gasteiger partial charge < -0.3 is 14.8 Å². The summed E-state index contributed by atoms with van der Waals surface area (Å²) in [5.41, 5.74) is 4.65. The van der Waals surface area contributed by atoms with Crippen molar-refractivity contribution in [3.05, 3.63) is 99.0 Å². The fourth-order valence-corrected chi connectivity index (χ4v) is 5.10. The van der Waals surface area contributed by atoms with Gasteiger partial charge in [-0.1, -0.05) is 42.0 Å². The first-order valence-electron chi connectivity index (χ1n) is 10.9. The molecule has 0 aliphatic carbocycles. The zero-order chi connectivity index (χ0) is 23.5. The van der Waals surface area contributed by atoms with Gasteiger partial charge in [-0.05, 0) is 55.7 Å². The molecule has 33 heavy (non-hydrogen) atoms. The van der Waals surface area contributed by atoms with Crippen molar-refractivity contribution in [1.29, 1.82) is 0 Å². The van der Waals surface area contributed by atoms with Crippen LogP contribution >= 0.6 is 11.8 Å². The SMILES string of the molecule is Cc1cccc(Cn2cccc(C(=O)N3CSCC3C(=O)Nc3cccc(C)c3C)c2=O)c1. The van der Waals surface area contributed by atoms with E-state index in [1.54, 1.807) is 18.3 Å². The van der Waals surface area contributed by atoms with Crippen LogP contribution in [-0.2, 0) is 11.3 Å². The number of carbonyl (C=O) groups is 2. The van der Waals surface area contributed by atoms with E-state index in [1.807, 2.05) is 63.2 Å². The topological polar surface area (TPSA) is 71.4 Å². The summed E-state index contributed by atoms with van der Waals surface area (Å²) in [4.78, 5) is 41.0. The lowest BCUT2D eigenvalue weighted by Gasteiger charge is -2.23. The number of anilines is 1. The Kier molecular flexibility index (Phi) is 6.70. The van der Waals surface area contributed by atoms with Gasteiger partial charge in [-0.15, -0.1) is 11.8 Å². The fraction of sp³-hybridized carbons (Fsp3) is 0.269. The summed E-state index contributed by atoms with van der Waals surface area (Å²) in [5, 5.41) is 2.96. The number of nitrogens with one attached hydrogen (secondary N) is 1. The number of rotatable bonds is 5. The maximum Gasteiger partial charge on any atom is 0.263 e. The first-order chi connectivity index (χ1) is 15.8. The predicted molar refractivity (Wildman–Crippen MR) is 133 cm³/mol. The zero-order valence-corrected chi connectivity index (χ0v) is 19.8. The Morgan fingerprint density at radius 1 is 1.06 bits per heavy atom. The van der Waals surface area contributed by atoms with Gasteiger partial charge in [-0.25, -0.2) is 0 Å². The monoisotopic (exact) mass is 461 g/mol. The molecule has 3 aromatic rings. The number of benzene rings is 2. The molecule has 0 bridgehead atoms. The molecule has 4 rings (SSSR count). The average Bonchev–Trinajstić information content (AvgIpc) is 3.28. The quantitative estimate of drug-likeness (QED) is 0.624.